The number of oxime groups is 1. The lowest BCUT2D eigenvalue weighted by molar-refractivity contribution is -0.128. The van der Waals surface area contributed by atoms with Gasteiger partial charge < -0.3 is 21.0 Å². The van der Waals surface area contributed by atoms with Gasteiger partial charge in [-0.15, -0.1) is 0 Å². The van der Waals surface area contributed by atoms with Crippen molar-refractivity contribution in [3.05, 3.63) is 0 Å². The second kappa shape index (κ2) is 7.89. The van der Waals surface area contributed by atoms with Crippen molar-refractivity contribution in [3.63, 3.8) is 0 Å². The van der Waals surface area contributed by atoms with Crippen LogP contribution in [0.4, 0.5) is 0 Å². The van der Waals surface area contributed by atoms with Gasteiger partial charge in [0.2, 0.25) is 5.91 Å². The van der Waals surface area contributed by atoms with Crippen molar-refractivity contribution in [1.29, 1.82) is 0 Å². The number of nitrogens with two attached hydrogens (primary N) is 1. The molecule has 0 aromatic carbocycles. The minimum atomic E-state index is -0.915. The molecule has 100 valence electrons. The topological polar surface area (TPSA) is 96.9 Å². The van der Waals surface area contributed by atoms with E-state index in [2.05, 4.69) is 10.5 Å². The Morgan fingerprint density at radius 3 is 2.47 bits per heavy atom. The van der Waals surface area contributed by atoms with Crippen LogP contribution < -0.4 is 11.1 Å². The van der Waals surface area contributed by atoms with Gasteiger partial charge in [0.05, 0.1) is 0 Å². The van der Waals surface area contributed by atoms with Crippen LogP contribution in [0.3, 0.4) is 0 Å². The average Bonchev–Trinajstić information content (AvgIpc) is 2.36. The summed E-state index contributed by atoms with van der Waals surface area (Å²) >= 11 is 0. The van der Waals surface area contributed by atoms with Crippen molar-refractivity contribution in [2.45, 2.75) is 33.1 Å². The van der Waals surface area contributed by atoms with Gasteiger partial charge in [-0.3, -0.25) is 4.79 Å². The molecule has 0 saturated heterocycles. The van der Waals surface area contributed by atoms with Gasteiger partial charge in [0.15, 0.2) is 5.84 Å². The van der Waals surface area contributed by atoms with Crippen molar-refractivity contribution >= 4 is 11.7 Å². The van der Waals surface area contributed by atoms with E-state index >= 15 is 0 Å². The largest absolute Gasteiger partial charge is 0.409 e. The molecule has 0 aliphatic heterocycles. The van der Waals surface area contributed by atoms with E-state index in [0.29, 0.717) is 26.0 Å². The number of carbonyl (C=O) groups is 1. The Kier molecular flexibility index (Phi) is 7.29. The number of nitrogens with one attached hydrogen (secondary N) is 1. The summed E-state index contributed by atoms with van der Waals surface area (Å²) in [4.78, 5) is 12.1. The number of amides is 1. The Hall–Kier alpha value is -1.30. The van der Waals surface area contributed by atoms with Crippen molar-refractivity contribution in [1.82, 2.24) is 5.32 Å². The second-order valence-electron chi connectivity index (χ2n) is 3.88. The lowest BCUT2D eigenvalue weighted by Crippen LogP contribution is -2.49. The van der Waals surface area contributed by atoms with Gasteiger partial charge in [-0.1, -0.05) is 19.0 Å². The van der Waals surface area contributed by atoms with Crippen molar-refractivity contribution in [2.24, 2.45) is 16.3 Å². The number of methoxy groups -OCH3 is 1. The first-order valence-corrected chi connectivity index (χ1v) is 5.84. The third kappa shape index (κ3) is 3.89. The Labute approximate surface area is 102 Å². The molecular weight excluding hydrogens is 222 g/mol. The maximum atomic E-state index is 12.1. The molecule has 0 aromatic heterocycles. The number of hydrogen-bond acceptors (Lipinski definition) is 4. The summed E-state index contributed by atoms with van der Waals surface area (Å²) in [6, 6.07) is 0. The fourth-order valence-corrected chi connectivity index (χ4v) is 1.73. The first kappa shape index (κ1) is 15.7. The van der Waals surface area contributed by atoms with Crippen LogP contribution in [0.1, 0.15) is 33.1 Å². The second-order valence-corrected chi connectivity index (χ2v) is 3.88. The summed E-state index contributed by atoms with van der Waals surface area (Å²) in [5.74, 6) is -0.236. The van der Waals surface area contributed by atoms with Gasteiger partial charge in [-0.2, -0.15) is 0 Å². The molecule has 4 N–H and O–H groups in total. The van der Waals surface area contributed by atoms with Crippen LogP contribution in [0.25, 0.3) is 0 Å². The van der Waals surface area contributed by atoms with Crippen LogP contribution >= 0.6 is 0 Å². The Morgan fingerprint density at radius 2 is 2.06 bits per heavy atom. The predicted octanol–water partition coefficient (Wildman–Crippen LogP) is 0.692. The number of ether oxygens (including phenoxy) is 1. The summed E-state index contributed by atoms with van der Waals surface area (Å²) in [6.45, 7) is 4.80. The third-order valence-corrected chi connectivity index (χ3v) is 3.05. The summed E-state index contributed by atoms with van der Waals surface area (Å²) < 4.78 is 4.89. The molecule has 0 bridgehead atoms. The first-order chi connectivity index (χ1) is 8.08. The zero-order valence-corrected chi connectivity index (χ0v) is 10.8. The van der Waals surface area contributed by atoms with Crippen molar-refractivity contribution < 1.29 is 14.7 Å². The van der Waals surface area contributed by atoms with Crippen molar-refractivity contribution in [3.8, 4) is 0 Å². The molecule has 0 aliphatic rings. The normalized spacial score (nSPS) is 12.5. The standard InChI is InChI=1S/C11H23N3O3/c1-4-11(5-2,9(12)14-16)10(15)13-7-6-8-17-3/h16H,4-8H2,1-3H3,(H2,12,14)(H,13,15). The molecular formula is C11H23N3O3. The minimum absolute atomic E-state index is 0.0354. The van der Waals surface area contributed by atoms with E-state index in [1.807, 2.05) is 13.8 Å². The average molecular weight is 245 g/mol. The number of rotatable bonds is 8. The van der Waals surface area contributed by atoms with Crippen LogP contribution in [0.15, 0.2) is 5.16 Å². The SMILES string of the molecule is CCC(CC)(C(=O)NCCCOC)C(N)=NO. The highest BCUT2D eigenvalue weighted by molar-refractivity contribution is 6.06. The van der Waals surface area contributed by atoms with Crippen molar-refractivity contribution in [2.75, 3.05) is 20.3 Å². The van der Waals surface area contributed by atoms with Gasteiger partial charge >= 0.3 is 0 Å². The number of nitrogens with zero attached hydrogens (tertiary/aromatic N) is 1. The Morgan fingerprint density at radius 1 is 1.47 bits per heavy atom. The molecule has 6 heteroatoms. The fourth-order valence-electron chi connectivity index (χ4n) is 1.73. The van der Waals surface area contributed by atoms with E-state index in [-0.39, 0.29) is 11.7 Å². The zero-order valence-electron chi connectivity index (χ0n) is 10.8. The molecule has 6 nitrogen and oxygen atoms in total. The van der Waals surface area contributed by atoms with Crippen LogP contribution in [0.5, 0.6) is 0 Å². The molecule has 0 spiro atoms. The van der Waals surface area contributed by atoms with Gasteiger partial charge in [0.1, 0.15) is 5.41 Å². The van der Waals surface area contributed by atoms with E-state index < -0.39 is 5.41 Å². The highest BCUT2D eigenvalue weighted by Gasteiger charge is 2.39. The minimum Gasteiger partial charge on any atom is -0.409 e. The lowest BCUT2D eigenvalue weighted by Gasteiger charge is -2.28. The number of hydrogen-bond donors (Lipinski definition) is 3. The van der Waals surface area contributed by atoms with E-state index in [1.165, 1.54) is 0 Å². The molecule has 0 saturated carbocycles. The smallest absolute Gasteiger partial charge is 0.233 e. The quantitative estimate of drug-likeness (QED) is 0.193. The van der Waals surface area contributed by atoms with Gasteiger partial charge in [0, 0.05) is 20.3 Å². The van der Waals surface area contributed by atoms with Gasteiger partial charge in [-0.05, 0) is 19.3 Å². The summed E-state index contributed by atoms with van der Waals surface area (Å²) in [5.41, 5.74) is 4.70. The number of amidine groups is 1. The molecule has 0 radical (unpaired) electrons. The molecule has 0 unspecified atom stereocenters. The van der Waals surface area contributed by atoms with E-state index in [4.69, 9.17) is 15.7 Å². The first-order valence-electron chi connectivity index (χ1n) is 5.84. The molecule has 0 fully saturated rings. The highest BCUT2D eigenvalue weighted by Crippen LogP contribution is 2.26. The molecule has 17 heavy (non-hydrogen) atoms. The highest BCUT2D eigenvalue weighted by atomic mass is 16.5. The lowest BCUT2D eigenvalue weighted by atomic mass is 9.80. The summed E-state index contributed by atoms with van der Waals surface area (Å²) in [5, 5.41) is 14.5. The Bertz CT molecular complexity index is 263. The molecule has 0 atom stereocenters. The van der Waals surface area contributed by atoms with Crippen LogP contribution in [-0.2, 0) is 9.53 Å². The monoisotopic (exact) mass is 245 g/mol. The maximum absolute atomic E-state index is 12.1. The molecule has 1 amide bonds. The van der Waals surface area contributed by atoms with Gasteiger partial charge in [-0.25, -0.2) is 0 Å². The summed E-state index contributed by atoms with van der Waals surface area (Å²) in [6.07, 6.45) is 1.73. The van der Waals surface area contributed by atoms with Crippen LogP contribution in [0.2, 0.25) is 0 Å². The van der Waals surface area contributed by atoms with Crippen LogP contribution in [0, 0.1) is 5.41 Å². The van der Waals surface area contributed by atoms with Gasteiger partial charge in [0.25, 0.3) is 0 Å². The number of carbonyl (C=O) groups excluding carboxylic acids is 1. The maximum Gasteiger partial charge on any atom is 0.233 e. The van der Waals surface area contributed by atoms with E-state index in [1.54, 1.807) is 7.11 Å². The third-order valence-electron chi connectivity index (χ3n) is 3.05. The predicted molar refractivity (Wildman–Crippen MR) is 65.9 cm³/mol. The fraction of sp³-hybridized carbons (Fsp3) is 0.818. The zero-order chi connectivity index (χ0) is 13.3. The van der Waals surface area contributed by atoms with E-state index in [0.717, 1.165) is 6.42 Å². The van der Waals surface area contributed by atoms with E-state index in [9.17, 15) is 4.79 Å². The molecule has 0 heterocycles. The Balaban J connectivity index is 4.55. The molecule has 0 rings (SSSR count). The molecule has 0 aromatic rings. The van der Waals surface area contributed by atoms with Crippen LogP contribution in [-0.4, -0.2) is 37.2 Å². The summed E-state index contributed by atoms with van der Waals surface area (Å²) in [7, 11) is 1.61. The molecule has 0 aliphatic carbocycles.